The molecule has 1 aromatic heterocycles. The highest BCUT2D eigenvalue weighted by molar-refractivity contribution is 6.03. The van der Waals surface area contributed by atoms with Gasteiger partial charge in [-0.05, 0) is 29.7 Å². The van der Waals surface area contributed by atoms with Crippen LogP contribution in [-0.2, 0) is 22.6 Å². The summed E-state index contributed by atoms with van der Waals surface area (Å²) in [5, 5.41) is 2.97. The van der Waals surface area contributed by atoms with Gasteiger partial charge in [-0.1, -0.05) is 72.8 Å². The van der Waals surface area contributed by atoms with Gasteiger partial charge in [-0.2, -0.15) is 0 Å². The number of benzene rings is 3. The lowest BCUT2D eigenvalue weighted by Crippen LogP contribution is -2.33. The van der Waals surface area contributed by atoms with Crippen molar-refractivity contribution in [3.8, 4) is 0 Å². The van der Waals surface area contributed by atoms with Gasteiger partial charge < -0.3 is 5.32 Å². The minimum atomic E-state index is -0.599. The maximum Gasteiger partial charge on any atom is 0.253 e. The van der Waals surface area contributed by atoms with Gasteiger partial charge in [0, 0.05) is 6.54 Å². The van der Waals surface area contributed by atoms with E-state index in [9.17, 15) is 9.59 Å². The largest absolute Gasteiger partial charge is 0.356 e. The van der Waals surface area contributed by atoms with Crippen molar-refractivity contribution in [3.05, 3.63) is 96.1 Å². The molecule has 4 aromatic rings. The summed E-state index contributed by atoms with van der Waals surface area (Å²) in [6, 6.07) is 27.0. The first-order valence-corrected chi connectivity index (χ1v) is 10.8. The van der Waals surface area contributed by atoms with E-state index in [1.54, 1.807) is 4.90 Å². The Balaban J connectivity index is 1.36. The zero-order chi connectivity index (χ0) is 21.9. The van der Waals surface area contributed by atoms with Gasteiger partial charge in [0.25, 0.3) is 5.91 Å². The number of carbonyl (C=O) groups is 2. The van der Waals surface area contributed by atoms with Crippen LogP contribution in [0.25, 0.3) is 11.0 Å². The molecule has 1 aliphatic rings. The fourth-order valence-corrected chi connectivity index (χ4v) is 4.25. The van der Waals surface area contributed by atoms with Crippen molar-refractivity contribution in [2.75, 3.05) is 11.4 Å². The number of hydrogen-bond acceptors (Lipinski definition) is 3. The number of aromatic nitrogens is 2. The zero-order valence-corrected chi connectivity index (χ0v) is 17.6. The number of carbonyl (C=O) groups excluding carboxylic acids is 2. The zero-order valence-electron chi connectivity index (χ0n) is 17.6. The molecule has 2 amide bonds. The van der Waals surface area contributed by atoms with Gasteiger partial charge in [-0.25, -0.2) is 4.98 Å². The number of anilines is 1. The van der Waals surface area contributed by atoms with Gasteiger partial charge in [0.2, 0.25) is 11.9 Å². The van der Waals surface area contributed by atoms with Crippen molar-refractivity contribution < 1.29 is 9.59 Å². The normalized spacial score (nSPS) is 15.2. The fourth-order valence-electron chi connectivity index (χ4n) is 4.25. The lowest BCUT2D eigenvalue weighted by molar-refractivity contribution is -0.127. The van der Waals surface area contributed by atoms with Gasteiger partial charge in [-0.3, -0.25) is 19.1 Å². The molecule has 1 N–H and O–H groups in total. The highest BCUT2D eigenvalue weighted by Crippen LogP contribution is 2.37. The molecule has 5 rings (SSSR count). The minimum Gasteiger partial charge on any atom is -0.356 e. The van der Waals surface area contributed by atoms with Crippen molar-refractivity contribution in [1.29, 1.82) is 0 Å². The Bertz CT molecular complexity index is 1250. The Morgan fingerprint density at radius 3 is 2.28 bits per heavy atom. The molecule has 0 spiro atoms. The number of nitrogens with zero attached hydrogens (tertiary/aromatic N) is 3. The van der Waals surface area contributed by atoms with Crippen LogP contribution in [0, 0.1) is 0 Å². The van der Waals surface area contributed by atoms with E-state index in [0.29, 0.717) is 19.0 Å². The molecule has 6 nitrogen and oxygen atoms in total. The Labute approximate surface area is 186 Å². The number of nitrogens with one attached hydrogen (secondary N) is 1. The number of imidazole rings is 1. The molecule has 1 aliphatic heterocycles. The van der Waals surface area contributed by atoms with E-state index in [1.807, 2.05) is 89.5 Å². The monoisotopic (exact) mass is 424 g/mol. The predicted octanol–water partition coefficient (Wildman–Crippen LogP) is 3.87. The van der Waals surface area contributed by atoms with Crippen molar-refractivity contribution in [1.82, 2.24) is 14.9 Å². The van der Waals surface area contributed by atoms with Crippen LogP contribution in [0.1, 0.15) is 23.6 Å². The molecule has 0 aliphatic carbocycles. The van der Waals surface area contributed by atoms with Gasteiger partial charge >= 0.3 is 0 Å². The third kappa shape index (κ3) is 3.87. The summed E-state index contributed by atoms with van der Waals surface area (Å²) in [7, 11) is 0. The summed E-state index contributed by atoms with van der Waals surface area (Å²) in [6.45, 7) is 0.962. The van der Waals surface area contributed by atoms with Gasteiger partial charge in [0.15, 0.2) is 0 Å². The molecule has 32 heavy (non-hydrogen) atoms. The Kier molecular flexibility index (Phi) is 5.42. The molecule has 0 unspecified atom stereocenters. The molecule has 0 fully saturated rings. The van der Waals surface area contributed by atoms with Gasteiger partial charge in [0.05, 0.1) is 24.0 Å². The van der Waals surface area contributed by atoms with Crippen LogP contribution in [-0.4, -0.2) is 27.9 Å². The van der Waals surface area contributed by atoms with Crippen molar-refractivity contribution in [2.45, 2.75) is 25.4 Å². The Morgan fingerprint density at radius 2 is 1.53 bits per heavy atom. The highest BCUT2D eigenvalue weighted by Gasteiger charge is 2.40. The van der Waals surface area contributed by atoms with Crippen molar-refractivity contribution in [2.24, 2.45) is 0 Å². The predicted molar refractivity (Wildman–Crippen MR) is 124 cm³/mol. The van der Waals surface area contributed by atoms with E-state index in [1.165, 1.54) is 5.56 Å². The second-order valence-corrected chi connectivity index (χ2v) is 7.99. The summed E-state index contributed by atoms with van der Waals surface area (Å²) in [5.41, 5.74) is 3.88. The quantitative estimate of drug-likeness (QED) is 0.490. The van der Waals surface area contributed by atoms with Crippen LogP contribution in [0.2, 0.25) is 0 Å². The van der Waals surface area contributed by atoms with Crippen LogP contribution >= 0.6 is 0 Å². The number of rotatable bonds is 7. The highest BCUT2D eigenvalue weighted by atomic mass is 16.2. The first kappa shape index (κ1) is 20.0. The van der Waals surface area contributed by atoms with Crippen LogP contribution in [0.3, 0.4) is 0 Å². The van der Waals surface area contributed by atoms with Crippen molar-refractivity contribution in [3.63, 3.8) is 0 Å². The van der Waals surface area contributed by atoms with Gasteiger partial charge in [-0.15, -0.1) is 0 Å². The second kappa shape index (κ2) is 8.67. The number of fused-ring (bicyclic) bond motifs is 3. The molecule has 2 heterocycles. The maximum atomic E-state index is 13.4. The average Bonchev–Trinajstić information content (AvgIpc) is 3.31. The molecule has 6 heteroatoms. The smallest absolute Gasteiger partial charge is 0.253 e. The number of amides is 2. The summed E-state index contributed by atoms with van der Waals surface area (Å²) in [4.78, 5) is 32.5. The van der Waals surface area contributed by atoms with E-state index < -0.39 is 6.04 Å². The Morgan fingerprint density at radius 1 is 0.875 bits per heavy atom. The lowest BCUT2D eigenvalue weighted by Gasteiger charge is -2.16. The SMILES string of the molecule is O=C(C[C@@H]1C(=O)N(Cc2ccccc2)c2nc3ccccc3n21)NCCc1ccccc1. The van der Waals surface area contributed by atoms with Crippen LogP contribution in [0.15, 0.2) is 84.9 Å². The standard InChI is InChI=1S/C26H24N4O2/c31-24(27-16-15-19-9-3-1-4-10-19)17-23-25(32)29(18-20-11-5-2-6-12-20)26-28-21-13-7-8-14-22(21)30(23)26/h1-14,23H,15-18H2,(H,27,31)/t23-/m1/s1. The van der Waals surface area contributed by atoms with Crippen LogP contribution < -0.4 is 10.2 Å². The molecule has 0 saturated heterocycles. The first-order valence-electron chi connectivity index (χ1n) is 10.8. The second-order valence-electron chi connectivity index (χ2n) is 7.99. The number of para-hydroxylation sites is 2. The molecule has 1 atom stereocenters. The van der Waals surface area contributed by atoms with Gasteiger partial charge in [0.1, 0.15) is 6.04 Å². The number of hydrogen-bond donors (Lipinski definition) is 1. The van der Waals surface area contributed by atoms with E-state index >= 15 is 0 Å². The molecule has 160 valence electrons. The summed E-state index contributed by atoms with van der Waals surface area (Å²) in [6.07, 6.45) is 0.844. The lowest BCUT2D eigenvalue weighted by atomic mass is 10.1. The van der Waals surface area contributed by atoms with Crippen LogP contribution in [0.5, 0.6) is 0 Å². The molecule has 0 saturated carbocycles. The van der Waals surface area contributed by atoms with E-state index in [2.05, 4.69) is 5.32 Å². The van der Waals surface area contributed by atoms with E-state index in [4.69, 9.17) is 4.98 Å². The fraction of sp³-hybridized carbons (Fsp3) is 0.192. The van der Waals surface area contributed by atoms with Crippen LogP contribution in [0.4, 0.5) is 5.95 Å². The maximum absolute atomic E-state index is 13.4. The molecular weight excluding hydrogens is 400 g/mol. The molecular formula is C26H24N4O2. The van der Waals surface area contributed by atoms with E-state index in [-0.39, 0.29) is 18.2 Å². The minimum absolute atomic E-state index is 0.0896. The summed E-state index contributed by atoms with van der Waals surface area (Å²) >= 11 is 0. The molecule has 3 aromatic carbocycles. The Hall–Kier alpha value is -3.93. The summed E-state index contributed by atoms with van der Waals surface area (Å²) in [5.74, 6) is 0.368. The van der Waals surface area contributed by atoms with E-state index in [0.717, 1.165) is 23.0 Å². The topological polar surface area (TPSA) is 67.2 Å². The first-order chi connectivity index (χ1) is 15.7. The molecule has 0 radical (unpaired) electrons. The van der Waals surface area contributed by atoms with Crippen molar-refractivity contribution >= 4 is 28.8 Å². The average molecular weight is 425 g/mol. The summed E-state index contributed by atoms with van der Waals surface area (Å²) < 4.78 is 1.91. The third-order valence-corrected chi connectivity index (χ3v) is 5.82. The molecule has 0 bridgehead atoms. The third-order valence-electron chi connectivity index (χ3n) is 5.82.